The number of hydrogen-bond acceptors (Lipinski definition) is 6. The van der Waals surface area contributed by atoms with Gasteiger partial charge in [-0.3, -0.25) is 0 Å². The predicted molar refractivity (Wildman–Crippen MR) is 125 cm³/mol. The number of rotatable bonds is 4. The number of ether oxygens (including phenoxy) is 1. The molecular weight excluding hydrogens is 386 g/mol. The fourth-order valence-corrected chi connectivity index (χ4v) is 4.84. The van der Waals surface area contributed by atoms with Crippen molar-refractivity contribution in [2.24, 2.45) is 0 Å². The summed E-state index contributed by atoms with van der Waals surface area (Å²) in [6.45, 7) is 6.43. The molecule has 162 valence electrons. The molecule has 1 aliphatic heterocycles. The summed E-state index contributed by atoms with van der Waals surface area (Å²) in [6.07, 6.45) is 8.71. The molecule has 0 bridgehead atoms. The van der Waals surface area contributed by atoms with Crippen molar-refractivity contribution in [3.8, 4) is 0 Å². The number of nitrogens with zero attached hydrogens (tertiary/aromatic N) is 4. The van der Waals surface area contributed by atoms with Gasteiger partial charge in [0.1, 0.15) is 5.82 Å². The smallest absolute Gasteiger partial charge is 0.229 e. The van der Waals surface area contributed by atoms with Crippen LogP contribution < -0.4 is 10.2 Å². The van der Waals surface area contributed by atoms with Gasteiger partial charge in [0.25, 0.3) is 0 Å². The molecule has 31 heavy (non-hydrogen) atoms. The van der Waals surface area contributed by atoms with Crippen molar-refractivity contribution in [1.82, 2.24) is 15.0 Å². The van der Waals surface area contributed by atoms with Crippen molar-refractivity contribution < 1.29 is 4.74 Å². The first kappa shape index (κ1) is 20.2. The maximum absolute atomic E-state index is 5.69. The van der Waals surface area contributed by atoms with Crippen molar-refractivity contribution in [1.29, 1.82) is 0 Å². The monoisotopic (exact) mass is 417 g/mol. The molecule has 1 saturated heterocycles. The summed E-state index contributed by atoms with van der Waals surface area (Å²) in [4.78, 5) is 16.4. The van der Waals surface area contributed by atoms with E-state index in [1.54, 1.807) is 0 Å². The van der Waals surface area contributed by atoms with Gasteiger partial charge in [0, 0.05) is 25.0 Å². The second-order valence-electron chi connectivity index (χ2n) is 8.91. The Kier molecular flexibility index (Phi) is 5.72. The minimum atomic E-state index is 0.169. The molecule has 2 fully saturated rings. The van der Waals surface area contributed by atoms with E-state index in [1.165, 1.54) is 37.7 Å². The topological polar surface area (TPSA) is 63.2 Å². The molecule has 1 saturated carbocycles. The van der Waals surface area contributed by atoms with E-state index in [2.05, 4.69) is 53.3 Å². The van der Waals surface area contributed by atoms with Gasteiger partial charge in [-0.05, 0) is 61.9 Å². The van der Waals surface area contributed by atoms with E-state index in [0.717, 1.165) is 41.2 Å². The number of aromatic nitrogens is 3. The lowest BCUT2D eigenvalue weighted by atomic mass is 9.84. The van der Waals surface area contributed by atoms with Crippen LogP contribution in [0.5, 0.6) is 0 Å². The lowest BCUT2D eigenvalue weighted by Crippen LogP contribution is -2.42. The minimum absolute atomic E-state index is 0.169. The number of anilines is 3. The van der Waals surface area contributed by atoms with Gasteiger partial charge in [0.05, 0.1) is 18.1 Å². The molecular formula is C25H31N5O. The zero-order valence-corrected chi connectivity index (χ0v) is 18.5. The summed E-state index contributed by atoms with van der Waals surface area (Å²) in [7, 11) is 0. The Morgan fingerprint density at radius 2 is 1.84 bits per heavy atom. The average molecular weight is 418 g/mol. The standard InChI is InChI=1S/C25H31N5O/c1-17-12-13-26-23-22(17)24(29-25(28-23)30-14-15-31-18(2)16-30)27-21-10-8-20(9-11-21)19-6-4-3-5-7-19/h8-13,18-19H,3-7,14-16H2,1-2H3,(H,26,27,28,29)/t18-/m1/s1. The van der Waals surface area contributed by atoms with Crippen LogP contribution in [0, 0.1) is 6.92 Å². The highest BCUT2D eigenvalue weighted by Crippen LogP contribution is 2.34. The van der Waals surface area contributed by atoms with Gasteiger partial charge in [-0.25, -0.2) is 4.98 Å². The van der Waals surface area contributed by atoms with Gasteiger partial charge in [-0.15, -0.1) is 0 Å². The largest absolute Gasteiger partial charge is 0.375 e. The lowest BCUT2D eigenvalue weighted by Gasteiger charge is -2.31. The lowest BCUT2D eigenvalue weighted by molar-refractivity contribution is 0.0526. The third kappa shape index (κ3) is 4.35. The molecule has 0 unspecified atom stereocenters. The highest BCUT2D eigenvalue weighted by molar-refractivity contribution is 5.92. The Hall–Kier alpha value is -2.73. The van der Waals surface area contributed by atoms with Crippen molar-refractivity contribution in [2.75, 3.05) is 29.9 Å². The molecule has 3 aromatic rings. The van der Waals surface area contributed by atoms with E-state index in [-0.39, 0.29) is 6.10 Å². The van der Waals surface area contributed by atoms with Gasteiger partial charge in [-0.2, -0.15) is 9.97 Å². The van der Waals surface area contributed by atoms with Crippen LogP contribution in [0.3, 0.4) is 0 Å². The highest BCUT2D eigenvalue weighted by Gasteiger charge is 2.22. The van der Waals surface area contributed by atoms with Crippen LogP contribution in [0.25, 0.3) is 11.0 Å². The summed E-state index contributed by atoms with van der Waals surface area (Å²) in [5.41, 5.74) is 4.35. The number of benzene rings is 1. The van der Waals surface area contributed by atoms with Crippen LogP contribution in [-0.2, 0) is 4.74 Å². The molecule has 1 atom stereocenters. The first-order chi connectivity index (χ1) is 15.2. The molecule has 2 aromatic heterocycles. The molecule has 0 amide bonds. The fourth-order valence-electron chi connectivity index (χ4n) is 4.84. The molecule has 1 N–H and O–H groups in total. The molecule has 2 aliphatic rings. The number of pyridine rings is 1. The molecule has 5 rings (SSSR count). The van der Waals surface area contributed by atoms with Gasteiger partial charge in [-0.1, -0.05) is 31.4 Å². The maximum Gasteiger partial charge on any atom is 0.229 e. The minimum Gasteiger partial charge on any atom is -0.375 e. The number of morpholine rings is 1. The summed E-state index contributed by atoms with van der Waals surface area (Å²) in [5.74, 6) is 2.24. The van der Waals surface area contributed by atoms with Crippen molar-refractivity contribution in [3.63, 3.8) is 0 Å². The van der Waals surface area contributed by atoms with E-state index in [4.69, 9.17) is 14.7 Å². The van der Waals surface area contributed by atoms with E-state index in [0.29, 0.717) is 18.5 Å². The number of hydrogen-bond donors (Lipinski definition) is 1. The SMILES string of the molecule is Cc1ccnc2nc(N3CCO[C@H](C)C3)nc(Nc3ccc(C4CCCCC4)cc3)c12. The van der Waals surface area contributed by atoms with Gasteiger partial charge in [0.2, 0.25) is 5.95 Å². The van der Waals surface area contributed by atoms with Crippen LogP contribution in [0.1, 0.15) is 56.1 Å². The van der Waals surface area contributed by atoms with Crippen LogP contribution >= 0.6 is 0 Å². The molecule has 6 nitrogen and oxygen atoms in total. The predicted octanol–water partition coefficient (Wildman–Crippen LogP) is 5.35. The summed E-state index contributed by atoms with van der Waals surface area (Å²) < 4.78 is 5.69. The van der Waals surface area contributed by atoms with Crippen molar-refractivity contribution >= 4 is 28.5 Å². The molecule has 0 radical (unpaired) electrons. The van der Waals surface area contributed by atoms with Crippen LogP contribution in [0.15, 0.2) is 36.5 Å². The third-order valence-electron chi connectivity index (χ3n) is 6.57. The molecule has 0 spiro atoms. The van der Waals surface area contributed by atoms with Crippen LogP contribution in [0.4, 0.5) is 17.5 Å². The zero-order chi connectivity index (χ0) is 21.2. The van der Waals surface area contributed by atoms with Crippen molar-refractivity contribution in [3.05, 3.63) is 47.7 Å². The number of aryl methyl sites for hydroxylation is 1. The van der Waals surface area contributed by atoms with E-state index in [9.17, 15) is 0 Å². The van der Waals surface area contributed by atoms with Crippen LogP contribution in [0.2, 0.25) is 0 Å². The second-order valence-corrected chi connectivity index (χ2v) is 8.91. The zero-order valence-electron chi connectivity index (χ0n) is 18.5. The third-order valence-corrected chi connectivity index (χ3v) is 6.57. The van der Waals surface area contributed by atoms with Crippen molar-refractivity contribution in [2.45, 2.75) is 58.0 Å². The van der Waals surface area contributed by atoms with E-state index in [1.807, 2.05) is 12.3 Å². The molecule has 1 aliphatic carbocycles. The van der Waals surface area contributed by atoms with Gasteiger partial charge < -0.3 is 15.0 Å². The van der Waals surface area contributed by atoms with Gasteiger partial charge in [0.15, 0.2) is 5.65 Å². The molecule has 1 aromatic carbocycles. The Labute approximate surface area is 184 Å². The first-order valence-electron chi connectivity index (χ1n) is 11.5. The fraction of sp³-hybridized carbons (Fsp3) is 0.480. The quantitative estimate of drug-likeness (QED) is 0.617. The van der Waals surface area contributed by atoms with Gasteiger partial charge >= 0.3 is 0 Å². The summed E-state index contributed by atoms with van der Waals surface area (Å²) in [5, 5.41) is 4.54. The second kappa shape index (κ2) is 8.79. The first-order valence-corrected chi connectivity index (χ1v) is 11.5. The van der Waals surface area contributed by atoms with E-state index < -0.39 is 0 Å². The number of fused-ring (bicyclic) bond motifs is 1. The molecule has 3 heterocycles. The average Bonchev–Trinajstić information content (AvgIpc) is 2.80. The summed E-state index contributed by atoms with van der Waals surface area (Å²) >= 11 is 0. The normalized spacial score (nSPS) is 20.2. The summed E-state index contributed by atoms with van der Waals surface area (Å²) in [6, 6.07) is 10.9. The highest BCUT2D eigenvalue weighted by atomic mass is 16.5. The van der Waals surface area contributed by atoms with Crippen LogP contribution in [-0.4, -0.2) is 40.8 Å². The molecule has 6 heteroatoms. The maximum atomic E-state index is 5.69. The van der Waals surface area contributed by atoms with E-state index >= 15 is 0 Å². The Morgan fingerprint density at radius 1 is 1.03 bits per heavy atom. The Balaban J connectivity index is 1.46. The Morgan fingerprint density at radius 3 is 2.61 bits per heavy atom. The Bertz CT molecular complexity index is 1050. The number of nitrogens with one attached hydrogen (secondary N) is 1.